The van der Waals surface area contributed by atoms with Gasteiger partial charge in [0, 0.05) is 25.0 Å². The second kappa shape index (κ2) is 3.42. The van der Waals surface area contributed by atoms with Gasteiger partial charge in [-0.3, -0.25) is 4.90 Å². The molecule has 0 amide bonds. The molecule has 2 heterocycles. The van der Waals surface area contributed by atoms with Crippen LogP contribution in [0, 0.1) is 5.41 Å². The highest BCUT2D eigenvalue weighted by Crippen LogP contribution is 2.60. The molecular formula is C13H22FNO. The molecule has 0 aromatic carbocycles. The molecule has 92 valence electrons. The smallest absolute Gasteiger partial charge is 0.115 e. The minimum atomic E-state index is -0.633. The van der Waals surface area contributed by atoms with Gasteiger partial charge in [0.05, 0.1) is 12.7 Å². The minimum absolute atomic E-state index is 0.0419. The van der Waals surface area contributed by atoms with Gasteiger partial charge in [0.2, 0.25) is 0 Å². The predicted molar refractivity (Wildman–Crippen MR) is 61.2 cm³/mol. The molecule has 2 saturated heterocycles. The lowest BCUT2D eigenvalue weighted by Crippen LogP contribution is -2.43. The van der Waals surface area contributed by atoms with Crippen molar-refractivity contribution in [1.82, 2.24) is 4.90 Å². The molecule has 16 heavy (non-hydrogen) atoms. The Morgan fingerprint density at radius 2 is 2.19 bits per heavy atom. The maximum Gasteiger partial charge on any atom is 0.115 e. The Labute approximate surface area is 97.1 Å². The number of hydrogen-bond donors (Lipinski definition) is 0. The topological polar surface area (TPSA) is 12.5 Å². The summed E-state index contributed by atoms with van der Waals surface area (Å²) < 4.78 is 19.4. The van der Waals surface area contributed by atoms with Crippen molar-refractivity contribution in [2.24, 2.45) is 5.41 Å². The summed E-state index contributed by atoms with van der Waals surface area (Å²) in [7, 11) is 0. The quantitative estimate of drug-likeness (QED) is 0.734. The van der Waals surface area contributed by atoms with Crippen LogP contribution in [-0.2, 0) is 4.74 Å². The molecule has 2 atom stereocenters. The molecule has 1 spiro atoms. The lowest BCUT2D eigenvalue weighted by atomic mass is 9.89. The molecule has 3 heteroatoms. The third-order valence-electron chi connectivity index (χ3n) is 4.56. The monoisotopic (exact) mass is 227 g/mol. The summed E-state index contributed by atoms with van der Waals surface area (Å²) in [6.07, 6.45) is 4.19. The summed E-state index contributed by atoms with van der Waals surface area (Å²) in [5.41, 5.74) is 0.598. The Hall–Kier alpha value is -0.150. The van der Waals surface area contributed by atoms with Crippen molar-refractivity contribution in [2.45, 2.75) is 57.3 Å². The number of ether oxygens (including phenoxy) is 1. The third kappa shape index (κ3) is 1.68. The zero-order valence-corrected chi connectivity index (χ0v) is 10.3. The van der Waals surface area contributed by atoms with Crippen molar-refractivity contribution in [2.75, 3.05) is 19.7 Å². The fourth-order valence-electron chi connectivity index (χ4n) is 3.65. The van der Waals surface area contributed by atoms with Gasteiger partial charge in [0.1, 0.15) is 6.17 Å². The van der Waals surface area contributed by atoms with E-state index in [1.165, 1.54) is 19.3 Å². The zero-order chi connectivity index (χ0) is 11.4. The summed E-state index contributed by atoms with van der Waals surface area (Å²) in [6, 6.07) is 0. The Kier molecular flexibility index (Phi) is 2.35. The van der Waals surface area contributed by atoms with Gasteiger partial charge in [-0.1, -0.05) is 0 Å². The van der Waals surface area contributed by atoms with Crippen molar-refractivity contribution in [3.8, 4) is 0 Å². The Morgan fingerprint density at radius 1 is 1.44 bits per heavy atom. The highest BCUT2D eigenvalue weighted by Gasteiger charge is 2.61. The van der Waals surface area contributed by atoms with Crippen LogP contribution in [0.4, 0.5) is 4.39 Å². The summed E-state index contributed by atoms with van der Waals surface area (Å²) >= 11 is 0. The molecule has 2 nitrogen and oxygen atoms in total. The van der Waals surface area contributed by atoms with Gasteiger partial charge < -0.3 is 4.74 Å². The first kappa shape index (κ1) is 11.0. The van der Waals surface area contributed by atoms with Crippen LogP contribution in [0.3, 0.4) is 0 Å². The van der Waals surface area contributed by atoms with Gasteiger partial charge in [-0.25, -0.2) is 4.39 Å². The predicted octanol–water partition coefficient (Wildman–Crippen LogP) is 2.38. The van der Waals surface area contributed by atoms with Crippen molar-refractivity contribution >= 4 is 0 Å². The lowest BCUT2D eigenvalue weighted by Gasteiger charge is -2.32. The van der Waals surface area contributed by atoms with Crippen LogP contribution in [0.5, 0.6) is 0 Å². The largest absolute Gasteiger partial charge is 0.377 e. The van der Waals surface area contributed by atoms with E-state index in [2.05, 4.69) is 18.7 Å². The molecule has 3 fully saturated rings. The Balaban J connectivity index is 1.73. The standard InChI is InChI=1S/C13H22FNO/c1-10(2)16-9-13-5-11(14)6-15(13)8-12(7-13)3-4-12/h10-11H,3-9H2,1-2H3. The normalized spacial score (nSPS) is 40.9. The van der Waals surface area contributed by atoms with Crippen molar-refractivity contribution < 1.29 is 9.13 Å². The maximum absolute atomic E-state index is 13.6. The molecule has 3 aliphatic rings. The fourth-order valence-corrected chi connectivity index (χ4v) is 3.65. The second-order valence-corrected chi connectivity index (χ2v) is 6.44. The van der Waals surface area contributed by atoms with Crippen LogP contribution in [0.1, 0.15) is 39.5 Å². The zero-order valence-electron chi connectivity index (χ0n) is 10.3. The summed E-state index contributed by atoms with van der Waals surface area (Å²) in [5, 5.41) is 0. The number of hydrogen-bond acceptors (Lipinski definition) is 2. The molecular weight excluding hydrogens is 205 g/mol. The van der Waals surface area contributed by atoms with E-state index in [9.17, 15) is 4.39 Å². The molecule has 0 aromatic heterocycles. The molecule has 3 rings (SSSR count). The number of alkyl halides is 1. The SMILES string of the molecule is CC(C)OCC12CC(F)CN1CC1(CC1)C2. The van der Waals surface area contributed by atoms with E-state index >= 15 is 0 Å². The van der Waals surface area contributed by atoms with Gasteiger partial charge in [-0.15, -0.1) is 0 Å². The lowest BCUT2D eigenvalue weighted by molar-refractivity contribution is 0.00240. The van der Waals surface area contributed by atoms with Gasteiger partial charge in [-0.05, 0) is 38.5 Å². The fraction of sp³-hybridized carbons (Fsp3) is 1.00. The maximum atomic E-state index is 13.6. The van der Waals surface area contributed by atoms with Crippen molar-refractivity contribution in [3.63, 3.8) is 0 Å². The van der Waals surface area contributed by atoms with Crippen LogP contribution in [0.15, 0.2) is 0 Å². The minimum Gasteiger partial charge on any atom is -0.377 e. The average Bonchev–Trinajstić information content (AvgIpc) is 2.75. The summed E-state index contributed by atoms with van der Waals surface area (Å²) in [5.74, 6) is 0. The molecule has 2 unspecified atom stereocenters. The first-order valence-corrected chi connectivity index (χ1v) is 6.54. The number of halogens is 1. The van der Waals surface area contributed by atoms with E-state index in [1.807, 2.05) is 0 Å². The first-order chi connectivity index (χ1) is 7.54. The van der Waals surface area contributed by atoms with Gasteiger partial charge in [0.25, 0.3) is 0 Å². The summed E-state index contributed by atoms with van der Waals surface area (Å²) in [6.45, 7) is 6.61. The van der Waals surface area contributed by atoms with E-state index in [-0.39, 0.29) is 11.6 Å². The Morgan fingerprint density at radius 3 is 2.81 bits per heavy atom. The number of nitrogens with zero attached hydrogens (tertiary/aromatic N) is 1. The van der Waals surface area contributed by atoms with E-state index < -0.39 is 6.17 Å². The average molecular weight is 227 g/mol. The summed E-state index contributed by atoms with van der Waals surface area (Å²) in [4.78, 5) is 2.38. The second-order valence-electron chi connectivity index (χ2n) is 6.44. The first-order valence-electron chi connectivity index (χ1n) is 6.54. The third-order valence-corrected chi connectivity index (χ3v) is 4.56. The number of rotatable bonds is 3. The van der Waals surface area contributed by atoms with Crippen LogP contribution >= 0.6 is 0 Å². The van der Waals surface area contributed by atoms with E-state index in [1.54, 1.807) is 0 Å². The van der Waals surface area contributed by atoms with Crippen LogP contribution < -0.4 is 0 Å². The molecule has 0 aromatic rings. The van der Waals surface area contributed by atoms with Gasteiger partial charge in [-0.2, -0.15) is 0 Å². The van der Waals surface area contributed by atoms with Crippen LogP contribution in [-0.4, -0.2) is 42.4 Å². The highest BCUT2D eigenvalue weighted by atomic mass is 19.1. The highest BCUT2D eigenvalue weighted by molar-refractivity contribution is 5.15. The van der Waals surface area contributed by atoms with Gasteiger partial charge >= 0.3 is 0 Å². The molecule has 0 radical (unpaired) electrons. The van der Waals surface area contributed by atoms with Gasteiger partial charge in [0.15, 0.2) is 0 Å². The number of fused-ring (bicyclic) bond motifs is 1. The molecule has 2 aliphatic heterocycles. The van der Waals surface area contributed by atoms with E-state index in [0.717, 1.165) is 13.2 Å². The Bertz CT molecular complexity index is 290. The van der Waals surface area contributed by atoms with E-state index in [4.69, 9.17) is 4.74 Å². The van der Waals surface area contributed by atoms with Crippen LogP contribution in [0.2, 0.25) is 0 Å². The van der Waals surface area contributed by atoms with Crippen LogP contribution in [0.25, 0.3) is 0 Å². The molecule has 0 bridgehead atoms. The molecule has 1 aliphatic carbocycles. The van der Waals surface area contributed by atoms with Crippen molar-refractivity contribution in [1.29, 1.82) is 0 Å². The molecule has 0 N–H and O–H groups in total. The molecule has 1 saturated carbocycles. The van der Waals surface area contributed by atoms with E-state index in [0.29, 0.717) is 18.4 Å². The van der Waals surface area contributed by atoms with Crippen molar-refractivity contribution in [3.05, 3.63) is 0 Å².